The smallest absolute Gasteiger partial charge is 0.206 e. The van der Waals surface area contributed by atoms with Crippen LogP contribution in [0.15, 0.2) is 43.0 Å². The molecular formula is C16H20F2. The van der Waals surface area contributed by atoms with Crippen LogP contribution in [0.2, 0.25) is 0 Å². The van der Waals surface area contributed by atoms with Crippen LogP contribution in [-0.2, 0) is 6.42 Å². The molecule has 0 heterocycles. The van der Waals surface area contributed by atoms with Crippen LogP contribution in [0.3, 0.4) is 0 Å². The number of aryl methyl sites for hydroxylation is 1. The van der Waals surface area contributed by atoms with E-state index in [-0.39, 0.29) is 0 Å². The number of alkyl halides is 2. The Morgan fingerprint density at radius 3 is 2.44 bits per heavy atom. The topological polar surface area (TPSA) is 0 Å². The summed E-state index contributed by atoms with van der Waals surface area (Å²) in [5.74, 6) is -2.23. The summed E-state index contributed by atoms with van der Waals surface area (Å²) in [4.78, 5) is 0. The number of allylic oxidation sites excluding steroid dienone is 1. The molecule has 1 fully saturated rings. The number of hydrogen-bond acceptors (Lipinski definition) is 0. The van der Waals surface area contributed by atoms with Gasteiger partial charge in [0.05, 0.1) is 5.41 Å². The summed E-state index contributed by atoms with van der Waals surface area (Å²) in [6.45, 7) is 4.61. The third-order valence-electron chi connectivity index (χ3n) is 4.25. The Hall–Kier alpha value is -1.18. The molecule has 0 aliphatic heterocycles. The molecule has 0 bridgehead atoms. The third kappa shape index (κ3) is 2.47. The van der Waals surface area contributed by atoms with Crippen LogP contribution >= 0.6 is 0 Å². The van der Waals surface area contributed by atoms with Gasteiger partial charge in [0.15, 0.2) is 0 Å². The summed E-state index contributed by atoms with van der Waals surface area (Å²) < 4.78 is 27.0. The highest BCUT2D eigenvalue weighted by Gasteiger charge is 2.55. The van der Waals surface area contributed by atoms with Crippen molar-refractivity contribution < 1.29 is 8.78 Å². The predicted octanol–water partition coefficient (Wildman–Crippen LogP) is 4.86. The van der Waals surface area contributed by atoms with E-state index in [1.54, 1.807) is 0 Å². The van der Waals surface area contributed by atoms with Gasteiger partial charge in [-0.2, -0.15) is 0 Å². The first-order valence-electron chi connectivity index (χ1n) is 6.52. The van der Waals surface area contributed by atoms with Crippen molar-refractivity contribution >= 4 is 0 Å². The van der Waals surface area contributed by atoms with Crippen molar-refractivity contribution in [3.05, 3.63) is 48.6 Å². The van der Waals surface area contributed by atoms with Gasteiger partial charge in [0.1, 0.15) is 0 Å². The molecule has 0 radical (unpaired) electrons. The van der Waals surface area contributed by atoms with E-state index < -0.39 is 11.3 Å². The van der Waals surface area contributed by atoms with Crippen LogP contribution in [-0.4, -0.2) is 5.92 Å². The minimum absolute atomic E-state index is 0.411. The van der Waals surface area contributed by atoms with Crippen LogP contribution < -0.4 is 0 Å². The van der Waals surface area contributed by atoms with Crippen molar-refractivity contribution in [1.29, 1.82) is 0 Å². The lowest BCUT2D eigenvalue weighted by Gasteiger charge is -2.49. The lowest BCUT2D eigenvalue weighted by molar-refractivity contribution is -0.141. The van der Waals surface area contributed by atoms with Crippen LogP contribution in [0.4, 0.5) is 8.78 Å². The molecule has 1 aliphatic rings. The Kier molecular flexibility index (Phi) is 3.56. The van der Waals surface area contributed by atoms with Crippen LogP contribution in [0.5, 0.6) is 0 Å². The lowest BCUT2D eigenvalue weighted by atomic mass is 9.58. The van der Waals surface area contributed by atoms with E-state index in [1.807, 2.05) is 18.2 Å². The molecule has 1 saturated carbocycles. The Labute approximate surface area is 108 Å². The SMILES string of the molecule is C=CC1(C(C)(F)F)CC(CCc2ccccc2)C1. The second kappa shape index (κ2) is 4.83. The Balaban J connectivity index is 1.85. The highest BCUT2D eigenvalue weighted by molar-refractivity contribution is 5.16. The van der Waals surface area contributed by atoms with Crippen LogP contribution in [0.1, 0.15) is 31.7 Å². The van der Waals surface area contributed by atoms with Gasteiger partial charge in [0.2, 0.25) is 0 Å². The van der Waals surface area contributed by atoms with Crippen molar-refractivity contribution in [3.8, 4) is 0 Å². The summed E-state index contributed by atoms with van der Waals surface area (Å²) in [5, 5.41) is 0. The van der Waals surface area contributed by atoms with Crippen molar-refractivity contribution in [3.63, 3.8) is 0 Å². The number of hydrogen-bond donors (Lipinski definition) is 0. The zero-order chi connectivity index (χ0) is 13.2. The number of benzene rings is 1. The Morgan fingerprint density at radius 2 is 1.94 bits per heavy atom. The molecule has 0 spiro atoms. The molecule has 0 nitrogen and oxygen atoms in total. The average molecular weight is 250 g/mol. The van der Waals surface area contributed by atoms with E-state index in [9.17, 15) is 8.78 Å². The van der Waals surface area contributed by atoms with Crippen molar-refractivity contribution in [2.45, 2.75) is 38.5 Å². The monoisotopic (exact) mass is 250 g/mol. The summed E-state index contributed by atoms with van der Waals surface area (Å²) in [6.07, 6.45) is 4.59. The van der Waals surface area contributed by atoms with E-state index in [1.165, 1.54) is 11.6 Å². The second-order valence-electron chi connectivity index (χ2n) is 5.55. The summed E-state index contributed by atoms with van der Waals surface area (Å²) >= 11 is 0. The largest absolute Gasteiger partial charge is 0.254 e. The maximum absolute atomic E-state index is 13.5. The molecule has 1 aromatic rings. The molecule has 2 rings (SSSR count). The fourth-order valence-electron chi connectivity index (χ4n) is 2.89. The molecule has 0 aromatic heterocycles. The summed E-state index contributed by atoms with van der Waals surface area (Å²) in [7, 11) is 0. The fraction of sp³-hybridized carbons (Fsp3) is 0.500. The summed E-state index contributed by atoms with van der Waals surface area (Å²) in [5.41, 5.74) is 0.339. The normalized spacial score (nSPS) is 27.6. The van der Waals surface area contributed by atoms with Crippen molar-refractivity contribution in [2.24, 2.45) is 11.3 Å². The van der Waals surface area contributed by atoms with Gasteiger partial charge in [-0.05, 0) is 37.2 Å². The highest BCUT2D eigenvalue weighted by Crippen LogP contribution is 2.57. The van der Waals surface area contributed by atoms with Gasteiger partial charge in [-0.1, -0.05) is 36.4 Å². The molecule has 18 heavy (non-hydrogen) atoms. The first-order chi connectivity index (χ1) is 8.47. The average Bonchev–Trinajstić information content (AvgIpc) is 2.27. The Morgan fingerprint density at radius 1 is 1.33 bits per heavy atom. The van der Waals surface area contributed by atoms with E-state index in [0.29, 0.717) is 18.8 Å². The molecule has 0 N–H and O–H groups in total. The lowest BCUT2D eigenvalue weighted by Crippen LogP contribution is -2.48. The quantitative estimate of drug-likeness (QED) is 0.655. The number of rotatable bonds is 5. The van der Waals surface area contributed by atoms with E-state index in [4.69, 9.17) is 0 Å². The predicted molar refractivity (Wildman–Crippen MR) is 70.7 cm³/mol. The van der Waals surface area contributed by atoms with Crippen molar-refractivity contribution in [1.82, 2.24) is 0 Å². The minimum atomic E-state index is -2.64. The van der Waals surface area contributed by atoms with Gasteiger partial charge in [0, 0.05) is 6.92 Å². The molecule has 1 aromatic carbocycles. The first-order valence-corrected chi connectivity index (χ1v) is 6.52. The molecular weight excluding hydrogens is 230 g/mol. The molecule has 0 amide bonds. The fourth-order valence-corrected chi connectivity index (χ4v) is 2.89. The van der Waals surface area contributed by atoms with Gasteiger partial charge in [-0.25, -0.2) is 8.78 Å². The molecule has 2 heteroatoms. The Bertz CT molecular complexity index is 397. The van der Waals surface area contributed by atoms with Crippen molar-refractivity contribution in [2.75, 3.05) is 0 Å². The minimum Gasteiger partial charge on any atom is -0.206 e. The van der Waals surface area contributed by atoms with Gasteiger partial charge in [-0.15, -0.1) is 6.58 Å². The standard InChI is InChI=1S/C16H20F2/c1-3-16(15(2,17)18)11-14(12-16)10-9-13-7-5-4-6-8-13/h3-8,14H,1,9-12H2,2H3. The van der Waals surface area contributed by atoms with E-state index in [2.05, 4.69) is 18.7 Å². The van der Waals surface area contributed by atoms with E-state index >= 15 is 0 Å². The maximum Gasteiger partial charge on any atom is 0.254 e. The van der Waals surface area contributed by atoms with Crippen LogP contribution in [0.25, 0.3) is 0 Å². The van der Waals surface area contributed by atoms with Crippen LogP contribution in [0, 0.1) is 11.3 Å². The highest BCUT2D eigenvalue weighted by atomic mass is 19.3. The summed E-state index contributed by atoms with van der Waals surface area (Å²) in [6, 6.07) is 10.2. The maximum atomic E-state index is 13.5. The second-order valence-corrected chi connectivity index (χ2v) is 5.55. The molecule has 0 unspecified atom stereocenters. The van der Waals surface area contributed by atoms with Gasteiger partial charge < -0.3 is 0 Å². The van der Waals surface area contributed by atoms with Gasteiger partial charge in [0.25, 0.3) is 5.92 Å². The molecule has 1 aliphatic carbocycles. The molecule has 98 valence electrons. The van der Waals surface area contributed by atoms with Gasteiger partial charge in [-0.3, -0.25) is 0 Å². The zero-order valence-electron chi connectivity index (χ0n) is 10.8. The molecule has 0 atom stereocenters. The van der Waals surface area contributed by atoms with E-state index in [0.717, 1.165) is 19.8 Å². The van der Waals surface area contributed by atoms with Gasteiger partial charge >= 0.3 is 0 Å². The first kappa shape index (κ1) is 13.3. The third-order valence-corrected chi connectivity index (χ3v) is 4.25. The zero-order valence-corrected chi connectivity index (χ0v) is 10.8. The number of halogens is 2. The molecule has 0 saturated heterocycles.